The van der Waals surface area contributed by atoms with Crippen LogP contribution in [0.1, 0.15) is 41.0 Å². The number of primary amides is 1. The first-order valence-electron chi connectivity index (χ1n) is 7.63. The van der Waals surface area contributed by atoms with Crippen molar-refractivity contribution in [3.05, 3.63) is 0 Å². The predicted molar refractivity (Wildman–Crippen MR) is 84.0 cm³/mol. The summed E-state index contributed by atoms with van der Waals surface area (Å²) in [5, 5.41) is 5.02. The van der Waals surface area contributed by atoms with Gasteiger partial charge in [-0.25, -0.2) is 0 Å². The molecule has 8 heteroatoms. The van der Waals surface area contributed by atoms with E-state index in [1.165, 1.54) is 6.92 Å². The van der Waals surface area contributed by atoms with Crippen molar-refractivity contribution in [1.82, 2.24) is 10.6 Å². The first-order chi connectivity index (χ1) is 10.6. The van der Waals surface area contributed by atoms with Gasteiger partial charge in [-0.3, -0.25) is 19.2 Å². The number of amides is 3. The van der Waals surface area contributed by atoms with Crippen molar-refractivity contribution in [3.63, 3.8) is 0 Å². The molecule has 23 heavy (non-hydrogen) atoms. The first kappa shape index (κ1) is 20.9. The van der Waals surface area contributed by atoms with E-state index < -0.39 is 35.8 Å². The van der Waals surface area contributed by atoms with Gasteiger partial charge in [0.25, 0.3) is 0 Å². The van der Waals surface area contributed by atoms with Crippen LogP contribution in [0.5, 0.6) is 0 Å². The fourth-order valence-electron chi connectivity index (χ4n) is 2.00. The van der Waals surface area contributed by atoms with E-state index in [-0.39, 0.29) is 24.9 Å². The first-order valence-corrected chi connectivity index (χ1v) is 7.63. The van der Waals surface area contributed by atoms with E-state index in [2.05, 4.69) is 10.6 Å². The quantitative estimate of drug-likeness (QED) is 0.501. The number of esters is 1. The van der Waals surface area contributed by atoms with Gasteiger partial charge in [0.1, 0.15) is 12.1 Å². The average Bonchev–Trinajstić information content (AvgIpc) is 2.43. The minimum Gasteiger partial charge on any atom is -0.466 e. The van der Waals surface area contributed by atoms with Crippen molar-refractivity contribution >= 4 is 23.7 Å². The van der Waals surface area contributed by atoms with Gasteiger partial charge in [0, 0.05) is 6.92 Å². The lowest BCUT2D eigenvalue weighted by Gasteiger charge is -2.24. The summed E-state index contributed by atoms with van der Waals surface area (Å²) < 4.78 is 4.87. The van der Waals surface area contributed by atoms with Crippen LogP contribution in [0.2, 0.25) is 0 Å². The smallest absolute Gasteiger partial charge is 0.308 e. The topological polar surface area (TPSA) is 128 Å². The largest absolute Gasteiger partial charge is 0.466 e. The molecule has 0 rings (SSSR count). The van der Waals surface area contributed by atoms with Crippen molar-refractivity contribution in [2.24, 2.45) is 17.6 Å². The summed E-state index contributed by atoms with van der Waals surface area (Å²) >= 11 is 0. The molecule has 4 N–H and O–H groups in total. The number of nitrogens with two attached hydrogens (primary N) is 1. The summed E-state index contributed by atoms with van der Waals surface area (Å²) in [5.41, 5.74) is 5.29. The third kappa shape index (κ3) is 7.62. The van der Waals surface area contributed by atoms with Crippen molar-refractivity contribution in [2.45, 2.75) is 53.1 Å². The van der Waals surface area contributed by atoms with Crippen LogP contribution < -0.4 is 16.4 Å². The average molecular weight is 329 g/mol. The van der Waals surface area contributed by atoms with Crippen LogP contribution in [0.15, 0.2) is 0 Å². The molecule has 8 nitrogen and oxygen atoms in total. The third-order valence-corrected chi connectivity index (χ3v) is 3.25. The second-order valence-corrected chi connectivity index (χ2v) is 5.77. The minimum atomic E-state index is -1.02. The Hall–Kier alpha value is -2.12. The molecule has 0 bridgehead atoms. The van der Waals surface area contributed by atoms with E-state index in [9.17, 15) is 19.2 Å². The maximum atomic E-state index is 12.3. The van der Waals surface area contributed by atoms with Gasteiger partial charge in [-0.2, -0.15) is 0 Å². The van der Waals surface area contributed by atoms with Gasteiger partial charge in [0.15, 0.2) is 0 Å². The molecule has 3 atom stereocenters. The zero-order valence-corrected chi connectivity index (χ0v) is 14.3. The Kier molecular flexibility index (Phi) is 8.90. The van der Waals surface area contributed by atoms with E-state index >= 15 is 0 Å². The molecule has 0 aliphatic heterocycles. The number of ether oxygens (including phenoxy) is 1. The Morgan fingerprint density at radius 2 is 1.65 bits per heavy atom. The van der Waals surface area contributed by atoms with Gasteiger partial charge in [0.05, 0.1) is 12.5 Å². The molecule has 0 aliphatic rings. The molecule has 132 valence electrons. The molecule has 0 fully saturated rings. The molecule has 0 saturated heterocycles. The number of hydrogen-bond acceptors (Lipinski definition) is 5. The van der Waals surface area contributed by atoms with Crippen LogP contribution in [0.4, 0.5) is 0 Å². The van der Waals surface area contributed by atoms with Gasteiger partial charge in [-0.15, -0.1) is 0 Å². The lowest BCUT2D eigenvalue weighted by atomic mass is 9.99. The Labute approximate surface area is 136 Å². The van der Waals surface area contributed by atoms with Crippen molar-refractivity contribution < 1.29 is 23.9 Å². The summed E-state index contributed by atoms with van der Waals surface area (Å²) in [6, 6.07) is -1.80. The molecule has 0 aromatic carbocycles. The van der Waals surface area contributed by atoms with E-state index in [1.54, 1.807) is 27.7 Å². The molecule has 0 aromatic rings. The van der Waals surface area contributed by atoms with E-state index in [0.29, 0.717) is 0 Å². The molecule has 0 saturated carbocycles. The van der Waals surface area contributed by atoms with Crippen molar-refractivity contribution in [2.75, 3.05) is 6.61 Å². The number of hydrogen-bond donors (Lipinski definition) is 3. The van der Waals surface area contributed by atoms with Crippen LogP contribution in [0.25, 0.3) is 0 Å². The molecular weight excluding hydrogens is 302 g/mol. The molecule has 0 heterocycles. The Balaban J connectivity index is 4.91. The highest BCUT2D eigenvalue weighted by atomic mass is 16.5. The SMILES string of the molecule is CCOC(=O)[C@@H](C)C[C@@H](NC(=O)[C@H](NC(C)=O)C(C)C)C(N)=O. The monoisotopic (exact) mass is 329 g/mol. The summed E-state index contributed by atoms with van der Waals surface area (Å²) in [6.45, 7) is 8.33. The van der Waals surface area contributed by atoms with Crippen LogP contribution in [-0.4, -0.2) is 42.4 Å². The molecule has 3 amide bonds. The van der Waals surface area contributed by atoms with E-state index in [4.69, 9.17) is 10.5 Å². The zero-order valence-electron chi connectivity index (χ0n) is 14.3. The summed E-state index contributed by atoms with van der Waals surface area (Å²) in [6.07, 6.45) is 0.0325. The van der Waals surface area contributed by atoms with Crippen molar-refractivity contribution in [3.8, 4) is 0 Å². The number of carbonyl (C=O) groups is 4. The van der Waals surface area contributed by atoms with Crippen LogP contribution in [-0.2, 0) is 23.9 Å². The summed E-state index contributed by atoms with van der Waals surface area (Å²) in [4.78, 5) is 46.6. The highest BCUT2D eigenvalue weighted by molar-refractivity contribution is 5.91. The molecule has 0 radical (unpaired) electrons. The maximum absolute atomic E-state index is 12.3. The summed E-state index contributed by atoms with van der Waals surface area (Å²) in [5.74, 6) is -2.85. The van der Waals surface area contributed by atoms with Gasteiger partial charge in [-0.05, 0) is 19.3 Å². The highest BCUT2D eigenvalue weighted by Crippen LogP contribution is 2.10. The maximum Gasteiger partial charge on any atom is 0.308 e. The van der Waals surface area contributed by atoms with E-state index in [0.717, 1.165) is 0 Å². The van der Waals surface area contributed by atoms with Gasteiger partial charge >= 0.3 is 5.97 Å². The lowest BCUT2D eigenvalue weighted by Crippen LogP contribution is -2.55. The standard InChI is InChI=1S/C15H27N3O5/c1-6-23-15(22)9(4)7-11(13(16)20)18-14(21)12(8(2)3)17-10(5)19/h8-9,11-12H,6-7H2,1-5H3,(H2,16,20)(H,17,19)(H,18,21)/t9-,11+,12+/m0/s1. The number of nitrogens with one attached hydrogen (secondary N) is 2. The van der Waals surface area contributed by atoms with Crippen molar-refractivity contribution in [1.29, 1.82) is 0 Å². The van der Waals surface area contributed by atoms with Crippen LogP contribution in [0, 0.1) is 11.8 Å². The molecular formula is C15H27N3O5. The molecule has 0 unspecified atom stereocenters. The van der Waals surface area contributed by atoms with Gasteiger partial charge in [-0.1, -0.05) is 20.8 Å². The second kappa shape index (κ2) is 9.81. The van der Waals surface area contributed by atoms with Crippen LogP contribution >= 0.6 is 0 Å². The molecule has 0 aromatic heterocycles. The number of rotatable bonds is 9. The van der Waals surface area contributed by atoms with Gasteiger partial charge < -0.3 is 21.1 Å². The van der Waals surface area contributed by atoms with Gasteiger partial charge in [0.2, 0.25) is 17.7 Å². The molecule has 0 aliphatic carbocycles. The highest BCUT2D eigenvalue weighted by Gasteiger charge is 2.29. The fourth-order valence-corrected chi connectivity index (χ4v) is 2.00. The third-order valence-electron chi connectivity index (χ3n) is 3.25. The predicted octanol–water partition coefficient (Wildman–Crippen LogP) is -0.293. The second-order valence-electron chi connectivity index (χ2n) is 5.77. The lowest BCUT2D eigenvalue weighted by molar-refractivity contribution is -0.148. The zero-order chi connectivity index (χ0) is 18.2. The van der Waals surface area contributed by atoms with E-state index in [1.807, 2.05) is 0 Å². The number of carbonyl (C=O) groups excluding carboxylic acids is 4. The minimum absolute atomic E-state index is 0.0325. The van der Waals surface area contributed by atoms with Crippen LogP contribution in [0.3, 0.4) is 0 Å². The fraction of sp³-hybridized carbons (Fsp3) is 0.733. The molecule has 0 spiro atoms. The summed E-state index contributed by atoms with van der Waals surface area (Å²) in [7, 11) is 0. The Bertz CT molecular complexity index is 450. The normalized spacial score (nSPS) is 14.5. The Morgan fingerprint density at radius 3 is 2.04 bits per heavy atom. The Morgan fingerprint density at radius 1 is 1.09 bits per heavy atom.